The Kier molecular flexibility index (Phi) is 5.52. The van der Waals surface area contributed by atoms with Crippen molar-refractivity contribution in [2.45, 2.75) is 25.1 Å². The summed E-state index contributed by atoms with van der Waals surface area (Å²) < 4.78 is 1.23. The van der Waals surface area contributed by atoms with E-state index in [0.29, 0.717) is 11.3 Å². The van der Waals surface area contributed by atoms with E-state index in [1.165, 1.54) is 9.35 Å². The maximum atomic E-state index is 3.58. The van der Waals surface area contributed by atoms with Gasteiger partial charge in [-0.15, -0.1) is 11.3 Å². The monoisotopic (exact) mass is 293 g/mol. The molecule has 0 spiro atoms. The third-order valence-corrected chi connectivity index (χ3v) is 5.08. The van der Waals surface area contributed by atoms with Crippen LogP contribution in [0, 0.1) is 0 Å². The fourth-order valence-electron chi connectivity index (χ4n) is 1.13. The highest BCUT2D eigenvalue weighted by Crippen LogP contribution is 2.31. The molecule has 0 amide bonds. The van der Waals surface area contributed by atoms with Gasteiger partial charge in [-0.1, -0.05) is 13.8 Å². The topological polar surface area (TPSA) is 12.0 Å². The van der Waals surface area contributed by atoms with Crippen molar-refractivity contribution in [3.63, 3.8) is 0 Å². The zero-order chi connectivity index (χ0) is 10.6. The van der Waals surface area contributed by atoms with Gasteiger partial charge >= 0.3 is 0 Å². The summed E-state index contributed by atoms with van der Waals surface area (Å²) in [6.07, 6.45) is 0. The minimum Gasteiger partial charge on any atom is -0.312 e. The molecule has 0 aliphatic heterocycles. The molecule has 0 radical (unpaired) electrons. The maximum Gasteiger partial charge on any atom is 0.0515 e. The van der Waals surface area contributed by atoms with Crippen molar-refractivity contribution in [1.29, 1.82) is 0 Å². The van der Waals surface area contributed by atoms with Crippen LogP contribution < -0.4 is 5.32 Å². The van der Waals surface area contributed by atoms with Crippen LogP contribution in [-0.4, -0.2) is 18.1 Å². The summed E-state index contributed by atoms with van der Waals surface area (Å²) >= 11 is 7.38. The Morgan fingerprint density at radius 2 is 2.29 bits per heavy atom. The second kappa shape index (κ2) is 6.16. The average molecular weight is 294 g/mol. The van der Waals surface area contributed by atoms with Gasteiger partial charge in [0.05, 0.1) is 6.04 Å². The highest BCUT2D eigenvalue weighted by Gasteiger charge is 2.14. The molecule has 80 valence electrons. The lowest BCUT2D eigenvalue weighted by molar-refractivity contribution is 0.670. The van der Waals surface area contributed by atoms with E-state index in [2.05, 4.69) is 46.5 Å². The second-order valence-electron chi connectivity index (χ2n) is 3.36. The standard InChI is InChI=1S/C10H16BrNS2/c1-7(2)14-6-9(12-3)10-8(11)4-5-13-10/h4-5,7,9,12H,6H2,1-3H3. The summed E-state index contributed by atoms with van der Waals surface area (Å²) in [6, 6.07) is 2.58. The molecule has 0 saturated carbocycles. The molecule has 1 aromatic heterocycles. The maximum absolute atomic E-state index is 3.58. The van der Waals surface area contributed by atoms with E-state index in [4.69, 9.17) is 0 Å². The first kappa shape index (κ1) is 12.6. The van der Waals surface area contributed by atoms with Crippen LogP contribution >= 0.6 is 39.0 Å². The van der Waals surface area contributed by atoms with Crippen molar-refractivity contribution in [2.24, 2.45) is 0 Å². The van der Waals surface area contributed by atoms with E-state index in [9.17, 15) is 0 Å². The van der Waals surface area contributed by atoms with Crippen LogP contribution in [0.2, 0.25) is 0 Å². The molecule has 0 fully saturated rings. The minimum absolute atomic E-state index is 0.469. The molecular weight excluding hydrogens is 278 g/mol. The minimum atomic E-state index is 0.469. The smallest absolute Gasteiger partial charge is 0.0515 e. The molecule has 0 bridgehead atoms. The lowest BCUT2D eigenvalue weighted by Gasteiger charge is -2.16. The SMILES string of the molecule is CNC(CSC(C)C)c1sccc1Br. The Bertz CT molecular complexity index is 273. The third kappa shape index (κ3) is 3.57. The Labute approximate surface area is 103 Å². The van der Waals surface area contributed by atoms with Crippen molar-refractivity contribution < 1.29 is 0 Å². The van der Waals surface area contributed by atoms with Crippen LogP contribution in [0.3, 0.4) is 0 Å². The van der Waals surface area contributed by atoms with Crippen LogP contribution in [0.1, 0.15) is 24.8 Å². The number of nitrogens with one attached hydrogen (secondary N) is 1. The number of hydrogen-bond acceptors (Lipinski definition) is 3. The van der Waals surface area contributed by atoms with Gasteiger partial charge in [0, 0.05) is 15.1 Å². The van der Waals surface area contributed by atoms with Crippen molar-refractivity contribution >= 4 is 39.0 Å². The summed E-state index contributed by atoms with van der Waals surface area (Å²) in [6.45, 7) is 4.47. The highest BCUT2D eigenvalue weighted by atomic mass is 79.9. The molecule has 0 saturated heterocycles. The first-order valence-corrected chi connectivity index (χ1v) is 7.39. The lowest BCUT2D eigenvalue weighted by Crippen LogP contribution is -2.18. The lowest BCUT2D eigenvalue weighted by atomic mass is 10.3. The van der Waals surface area contributed by atoms with Crippen molar-refractivity contribution in [1.82, 2.24) is 5.32 Å². The van der Waals surface area contributed by atoms with Crippen LogP contribution in [0.5, 0.6) is 0 Å². The second-order valence-corrected chi connectivity index (χ2v) is 6.77. The quantitative estimate of drug-likeness (QED) is 0.883. The molecule has 1 heterocycles. The predicted molar refractivity (Wildman–Crippen MR) is 71.4 cm³/mol. The summed E-state index contributed by atoms with van der Waals surface area (Å²) in [4.78, 5) is 1.40. The van der Waals surface area contributed by atoms with Gasteiger partial charge in [0.1, 0.15) is 0 Å². The van der Waals surface area contributed by atoms with E-state index in [0.717, 1.165) is 5.75 Å². The van der Waals surface area contributed by atoms with Gasteiger partial charge in [-0.3, -0.25) is 0 Å². The van der Waals surface area contributed by atoms with Gasteiger partial charge in [-0.2, -0.15) is 11.8 Å². The number of rotatable bonds is 5. The van der Waals surface area contributed by atoms with E-state index in [1.54, 1.807) is 0 Å². The molecule has 14 heavy (non-hydrogen) atoms. The Morgan fingerprint density at radius 1 is 1.57 bits per heavy atom. The summed E-state index contributed by atoms with van der Waals surface area (Å²) in [5.41, 5.74) is 0. The molecule has 1 aromatic rings. The average Bonchev–Trinajstić information content (AvgIpc) is 2.53. The summed E-state index contributed by atoms with van der Waals surface area (Å²) in [7, 11) is 2.03. The molecule has 0 aliphatic rings. The fourth-order valence-corrected chi connectivity index (χ4v) is 3.91. The van der Waals surface area contributed by atoms with E-state index >= 15 is 0 Å². The van der Waals surface area contributed by atoms with E-state index in [-0.39, 0.29) is 0 Å². The zero-order valence-electron chi connectivity index (χ0n) is 8.71. The van der Waals surface area contributed by atoms with Gasteiger partial charge in [0.25, 0.3) is 0 Å². The first-order chi connectivity index (χ1) is 6.65. The van der Waals surface area contributed by atoms with Crippen LogP contribution in [0.15, 0.2) is 15.9 Å². The molecule has 1 atom stereocenters. The van der Waals surface area contributed by atoms with Gasteiger partial charge in [-0.05, 0) is 39.7 Å². The molecule has 1 unspecified atom stereocenters. The largest absolute Gasteiger partial charge is 0.312 e. The summed E-state index contributed by atoms with van der Waals surface area (Å²) in [5, 5.41) is 6.19. The zero-order valence-corrected chi connectivity index (χ0v) is 11.9. The van der Waals surface area contributed by atoms with E-state index < -0.39 is 0 Å². The number of thiophene rings is 1. The molecular formula is C10H16BrNS2. The van der Waals surface area contributed by atoms with Crippen LogP contribution in [0.25, 0.3) is 0 Å². The predicted octanol–water partition coefficient (Wildman–Crippen LogP) is 3.91. The van der Waals surface area contributed by atoms with Gasteiger partial charge in [0.2, 0.25) is 0 Å². The van der Waals surface area contributed by atoms with Gasteiger partial charge in [-0.25, -0.2) is 0 Å². The summed E-state index contributed by atoms with van der Waals surface area (Å²) in [5.74, 6) is 1.13. The molecule has 4 heteroatoms. The fraction of sp³-hybridized carbons (Fsp3) is 0.600. The van der Waals surface area contributed by atoms with Crippen LogP contribution in [0.4, 0.5) is 0 Å². The van der Waals surface area contributed by atoms with Crippen molar-refractivity contribution in [2.75, 3.05) is 12.8 Å². The van der Waals surface area contributed by atoms with Gasteiger partial charge < -0.3 is 5.32 Å². The Hall–Kier alpha value is 0.490. The normalized spacial score (nSPS) is 13.5. The van der Waals surface area contributed by atoms with Crippen LogP contribution in [-0.2, 0) is 0 Å². The van der Waals surface area contributed by atoms with Crippen molar-refractivity contribution in [3.05, 3.63) is 20.8 Å². The number of hydrogen-bond donors (Lipinski definition) is 1. The van der Waals surface area contributed by atoms with Gasteiger partial charge in [0.15, 0.2) is 0 Å². The number of halogens is 1. The van der Waals surface area contributed by atoms with Crippen molar-refractivity contribution in [3.8, 4) is 0 Å². The molecule has 1 nitrogen and oxygen atoms in total. The Balaban J connectivity index is 2.58. The van der Waals surface area contributed by atoms with E-state index in [1.807, 2.05) is 30.1 Å². The number of thioether (sulfide) groups is 1. The Morgan fingerprint density at radius 3 is 2.71 bits per heavy atom. The molecule has 0 aromatic carbocycles. The third-order valence-electron chi connectivity index (χ3n) is 1.91. The molecule has 1 rings (SSSR count). The molecule has 1 N–H and O–H groups in total. The first-order valence-electron chi connectivity index (χ1n) is 4.67. The molecule has 0 aliphatic carbocycles. The highest BCUT2D eigenvalue weighted by molar-refractivity contribution is 9.10.